The second-order valence-corrected chi connectivity index (χ2v) is 3.50. The molecule has 1 aromatic heterocycles. The number of carboxylic acid groups (broad SMARTS) is 1. The number of hydrogen-bond acceptors (Lipinski definition) is 6. The van der Waals surface area contributed by atoms with Crippen molar-refractivity contribution in [1.29, 1.82) is 0 Å². The minimum Gasteiger partial charge on any atom is -0.480 e. The van der Waals surface area contributed by atoms with Crippen LogP contribution in [0.4, 0.5) is 5.95 Å². The predicted octanol–water partition coefficient (Wildman–Crippen LogP) is 0.538. The summed E-state index contributed by atoms with van der Waals surface area (Å²) in [4.78, 5) is 14.5. The van der Waals surface area contributed by atoms with Crippen LogP contribution in [-0.2, 0) is 9.53 Å². The summed E-state index contributed by atoms with van der Waals surface area (Å²) in [7, 11) is 0. The molecule has 94 valence electrons. The van der Waals surface area contributed by atoms with Crippen molar-refractivity contribution >= 4 is 23.0 Å². The van der Waals surface area contributed by atoms with Gasteiger partial charge >= 0.3 is 5.97 Å². The van der Waals surface area contributed by atoms with E-state index in [0.717, 1.165) is 11.0 Å². The van der Waals surface area contributed by atoms with Crippen molar-refractivity contribution in [2.45, 2.75) is 0 Å². The van der Waals surface area contributed by atoms with Gasteiger partial charge < -0.3 is 15.2 Å². The molecule has 0 aliphatic heterocycles. The molecule has 0 bridgehead atoms. The third-order valence-electron chi connectivity index (χ3n) is 2.12. The van der Waals surface area contributed by atoms with E-state index in [4.69, 9.17) is 9.84 Å². The number of rotatable bonds is 6. The Balaban J connectivity index is 1.86. The SMILES string of the molecule is O=C(O)COCCNc1nnc2ccccc2n1. The maximum atomic E-state index is 10.2. The number of ether oxygens (including phenoxy) is 1. The predicted molar refractivity (Wildman–Crippen MR) is 64.3 cm³/mol. The third kappa shape index (κ3) is 3.36. The van der Waals surface area contributed by atoms with Gasteiger partial charge in [-0.1, -0.05) is 12.1 Å². The first kappa shape index (κ1) is 12.2. The molecule has 7 nitrogen and oxygen atoms in total. The molecule has 18 heavy (non-hydrogen) atoms. The number of aliphatic carboxylic acids is 1. The Bertz CT molecular complexity index is 547. The van der Waals surface area contributed by atoms with Crippen molar-refractivity contribution in [3.63, 3.8) is 0 Å². The van der Waals surface area contributed by atoms with Crippen molar-refractivity contribution in [2.24, 2.45) is 0 Å². The second-order valence-electron chi connectivity index (χ2n) is 3.50. The Morgan fingerprint density at radius 1 is 1.28 bits per heavy atom. The Morgan fingerprint density at radius 2 is 2.06 bits per heavy atom. The van der Waals surface area contributed by atoms with Crippen molar-refractivity contribution in [1.82, 2.24) is 15.2 Å². The van der Waals surface area contributed by atoms with Crippen LogP contribution in [0.1, 0.15) is 0 Å². The molecule has 0 aliphatic rings. The zero-order valence-corrected chi connectivity index (χ0v) is 9.54. The Morgan fingerprint density at radius 3 is 2.83 bits per heavy atom. The van der Waals surface area contributed by atoms with Gasteiger partial charge in [0, 0.05) is 6.54 Å². The fraction of sp³-hybridized carbons (Fsp3) is 0.273. The molecule has 1 aromatic carbocycles. The van der Waals surface area contributed by atoms with Crippen LogP contribution in [-0.4, -0.2) is 46.0 Å². The van der Waals surface area contributed by atoms with E-state index in [9.17, 15) is 4.79 Å². The molecule has 0 saturated heterocycles. The van der Waals surface area contributed by atoms with E-state index in [0.29, 0.717) is 12.5 Å². The van der Waals surface area contributed by atoms with E-state index in [-0.39, 0.29) is 13.2 Å². The Hall–Kier alpha value is -2.28. The van der Waals surface area contributed by atoms with Crippen LogP contribution in [0.3, 0.4) is 0 Å². The van der Waals surface area contributed by atoms with Gasteiger partial charge in [-0.05, 0) is 12.1 Å². The lowest BCUT2D eigenvalue weighted by atomic mass is 10.3. The number of carboxylic acids is 1. The van der Waals surface area contributed by atoms with E-state index in [1.54, 1.807) is 0 Å². The minimum absolute atomic E-state index is 0.266. The number of carbonyl (C=O) groups is 1. The summed E-state index contributed by atoms with van der Waals surface area (Å²) in [5, 5.41) is 19.2. The number of anilines is 1. The molecule has 7 heteroatoms. The summed E-state index contributed by atoms with van der Waals surface area (Å²) in [5.74, 6) is -0.591. The van der Waals surface area contributed by atoms with Gasteiger partial charge in [-0.15, -0.1) is 10.2 Å². The fourth-order valence-electron chi connectivity index (χ4n) is 1.35. The zero-order chi connectivity index (χ0) is 12.8. The van der Waals surface area contributed by atoms with Gasteiger partial charge in [0.2, 0.25) is 5.95 Å². The Kier molecular flexibility index (Phi) is 3.98. The lowest BCUT2D eigenvalue weighted by molar-refractivity contribution is -0.142. The molecule has 0 amide bonds. The lowest BCUT2D eigenvalue weighted by Gasteiger charge is -2.04. The molecule has 2 rings (SSSR count). The smallest absolute Gasteiger partial charge is 0.329 e. The van der Waals surface area contributed by atoms with Crippen LogP contribution in [0, 0.1) is 0 Å². The van der Waals surface area contributed by atoms with E-state index in [2.05, 4.69) is 20.5 Å². The molecule has 0 radical (unpaired) electrons. The lowest BCUT2D eigenvalue weighted by Crippen LogP contribution is -2.15. The van der Waals surface area contributed by atoms with Crippen molar-refractivity contribution < 1.29 is 14.6 Å². The standard InChI is InChI=1S/C11H12N4O3/c16-10(17)7-18-6-5-12-11-13-8-3-1-2-4-9(8)14-15-11/h1-4H,5-7H2,(H,16,17)(H,12,13,15). The highest BCUT2D eigenvalue weighted by Crippen LogP contribution is 2.08. The largest absolute Gasteiger partial charge is 0.480 e. The third-order valence-corrected chi connectivity index (χ3v) is 2.12. The minimum atomic E-state index is -0.987. The van der Waals surface area contributed by atoms with Crippen LogP contribution >= 0.6 is 0 Å². The fourth-order valence-corrected chi connectivity index (χ4v) is 1.35. The molecular weight excluding hydrogens is 236 g/mol. The van der Waals surface area contributed by atoms with Gasteiger partial charge in [0.25, 0.3) is 0 Å². The number of nitrogens with one attached hydrogen (secondary N) is 1. The van der Waals surface area contributed by atoms with Gasteiger partial charge in [0.1, 0.15) is 12.1 Å². The van der Waals surface area contributed by atoms with Crippen molar-refractivity contribution in [2.75, 3.05) is 25.1 Å². The average Bonchev–Trinajstić information content (AvgIpc) is 2.38. The van der Waals surface area contributed by atoms with Crippen LogP contribution < -0.4 is 5.32 Å². The monoisotopic (exact) mass is 248 g/mol. The highest BCUT2D eigenvalue weighted by atomic mass is 16.5. The number of fused-ring (bicyclic) bond motifs is 1. The average molecular weight is 248 g/mol. The summed E-state index contributed by atoms with van der Waals surface area (Å²) in [6, 6.07) is 7.41. The molecule has 1 heterocycles. The second kappa shape index (κ2) is 5.87. The molecule has 0 saturated carbocycles. The highest BCUT2D eigenvalue weighted by Gasteiger charge is 2.00. The molecule has 0 spiro atoms. The molecule has 0 unspecified atom stereocenters. The first-order valence-electron chi connectivity index (χ1n) is 5.38. The maximum absolute atomic E-state index is 10.2. The summed E-state index contributed by atoms with van der Waals surface area (Å²) < 4.78 is 4.87. The van der Waals surface area contributed by atoms with E-state index >= 15 is 0 Å². The number of aromatic nitrogens is 3. The van der Waals surface area contributed by atoms with Crippen LogP contribution in [0.2, 0.25) is 0 Å². The van der Waals surface area contributed by atoms with Crippen LogP contribution in [0.25, 0.3) is 11.0 Å². The van der Waals surface area contributed by atoms with E-state index in [1.807, 2.05) is 24.3 Å². The topological polar surface area (TPSA) is 97.2 Å². The molecule has 2 aromatic rings. The van der Waals surface area contributed by atoms with Crippen LogP contribution in [0.15, 0.2) is 24.3 Å². The van der Waals surface area contributed by atoms with Gasteiger partial charge in [-0.3, -0.25) is 0 Å². The number of para-hydroxylation sites is 1. The van der Waals surface area contributed by atoms with E-state index in [1.165, 1.54) is 0 Å². The Labute approximate surface area is 103 Å². The van der Waals surface area contributed by atoms with E-state index < -0.39 is 5.97 Å². The number of nitrogens with zero attached hydrogens (tertiary/aromatic N) is 3. The quantitative estimate of drug-likeness (QED) is 0.720. The summed E-state index contributed by atoms with van der Waals surface area (Å²) in [6.07, 6.45) is 0. The van der Waals surface area contributed by atoms with Gasteiger partial charge in [-0.2, -0.15) is 0 Å². The molecule has 2 N–H and O–H groups in total. The molecule has 0 atom stereocenters. The normalized spacial score (nSPS) is 10.4. The molecular formula is C11H12N4O3. The maximum Gasteiger partial charge on any atom is 0.329 e. The number of benzene rings is 1. The summed E-state index contributed by atoms with van der Waals surface area (Å²) >= 11 is 0. The van der Waals surface area contributed by atoms with Gasteiger partial charge in [0.15, 0.2) is 0 Å². The van der Waals surface area contributed by atoms with Gasteiger partial charge in [0.05, 0.1) is 12.1 Å². The number of hydrogen-bond donors (Lipinski definition) is 2. The first-order chi connectivity index (χ1) is 8.75. The highest BCUT2D eigenvalue weighted by molar-refractivity contribution is 5.74. The van der Waals surface area contributed by atoms with Crippen LogP contribution in [0.5, 0.6) is 0 Å². The summed E-state index contributed by atoms with van der Waals surface area (Å²) in [5.41, 5.74) is 1.48. The van der Waals surface area contributed by atoms with Crippen molar-refractivity contribution in [3.05, 3.63) is 24.3 Å². The van der Waals surface area contributed by atoms with Gasteiger partial charge in [-0.25, -0.2) is 9.78 Å². The molecule has 0 fully saturated rings. The zero-order valence-electron chi connectivity index (χ0n) is 9.54. The first-order valence-corrected chi connectivity index (χ1v) is 5.38. The molecule has 0 aliphatic carbocycles. The van der Waals surface area contributed by atoms with Crippen molar-refractivity contribution in [3.8, 4) is 0 Å². The summed E-state index contributed by atoms with van der Waals surface area (Å²) in [6.45, 7) is 0.383.